The molecule has 0 rings (SSSR count). The predicted molar refractivity (Wildman–Crippen MR) is 43.4 cm³/mol. The molecule has 64 valence electrons. The zero-order chi connectivity index (χ0) is 8.85. The predicted octanol–water partition coefficient (Wildman–Crippen LogP) is 0.533. The Balaban J connectivity index is 3.89. The first-order valence-electron chi connectivity index (χ1n) is 3.81. The molecule has 0 fully saturated rings. The summed E-state index contributed by atoms with van der Waals surface area (Å²) in [6, 6.07) is -0.280. The lowest BCUT2D eigenvalue weighted by molar-refractivity contribution is -0.124. The molecule has 0 aromatic heterocycles. The first-order chi connectivity index (χ1) is 5.07. The van der Waals surface area contributed by atoms with Crippen LogP contribution in [-0.2, 0) is 9.59 Å². The SMILES string of the molecule is CCNC(CC(C)=O)C(C)=O. The van der Waals surface area contributed by atoms with Crippen LogP contribution >= 0.6 is 0 Å². The molecule has 1 unspecified atom stereocenters. The lowest BCUT2D eigenvalue weighted by atomic mass is 10.1. The van der Waals surface area contributed by atoms with Crippen LogP contribution in [0.2, 0.25) is 0 Å². The van der Waals surface area contributed by atoms with Gasteiger partial charge in [0.1, 0.15) is 11.6 Å². The highest BCUT2D eigenvalue weighted by atomic mass is 16.1. The van der Waals surface area contributed by atoms with Gasteiger partial charge in [0.05, 0.1) is 6.04 Å². The Bertz CT molecular complexity index is 154. The molecule has 0 aliphatic carbocycles. The van der Waals surface area contributed by atoms with E-state index in [1.165, 1.54) is 13.8 Å². The summed E-state index contributed by atoms with van der Waals surface area (Å²) in [7, 11) is 0. The summed E-state index contributed by atoms with van der Waals surface area (Å²) in [5.74, 6) is 0.0770. The summed E-state index contributed by atoms with van der Waals surface area (Å²) in [6.45, 7) is 5.62. The lowest BCUT2D eigenvalue weighted by Gasteiger charge is -2.11. The van der Waals surface area contributed by atoms with Crippen molar-refractivity contribution in [1.82, 2.24) is 5.32 Å². The average Bonchev–Trinajstić information content (AvgIpc) is 1.86. The first-order valence-corrected chi connectivity index (χ1v) is 3.81. The standard InChI is InChI=1S/C8H15NO2/c1-4-9-8(7(3)11)5-6(2)10/h8-9H,4-5H2,1-3H3. The molecule has 0 aliphatic heterocycles. The van der Waals surface area contributed by atoms with Crippen molar-refractivity contribution in [2.75, 3.05) is 6.54 Å². The molecule has 0 bridgehead atoms. The second-order valence-corrected chi connectivity index (χ2v) is 2.63. The lowest BCUT2D eigenvalue weighted by Crippen LogP contribution is -2.36. The number of carbonyl (C=O) groups is 2. The summed E-state index contributed by atoms with van der Waals surface area (Å²) < 4.78 is 0. The molecule has 0 saturated carbocycles. The van der Waals surface area contributed by atoms with Gasteiger partial charge in [-0.1, -0.05) is 6.92 Å². The Kier molecular flexibility index (Phi) is 4.70. The Morgan fingerprint density at radius 1 is 1.36 bits per heavy atom. The molecule has 0 spiro atoms. The number of hydrogen-bond acceptors (Lipinski definition) is 3. The van der Waals surface area contributed by atoms with E-state index in [0.29, 0.717) is 6.42 Å². The Hall–Kier alpha value is -0.700. The number of hydrogen-bond donors (Lipinski definition) is 1. The molecule has 3 nitrogen and oxygen atoms in total. The minimum absolute atomic E-state index is 0.0297. The summed E-state index contributed by atoms with van der Waals surface area (Å²) in [6.07, 6.45) is 0.309. The van der Waals surface area contributed by atoms with Crippen LogP contribution < -0.4 is 5.32 Å². The maximum Gasteiger partial charge on any atom is 0.147 e. The van der Waals surface area contributed by atoms with Crippen LogP contribution in [0.1, 0.15) is 27.2 Å². The van der Waals surface area contributed by atoms with Crippen LogP contribution in [0.4, 0.5) is 0 Å². The minimum atomic E-state index is -0.280. The molecular weight excluding hydrogens is 142 g/mol. The van der Waals surface area contributed by atoms with Crippen LogP contribution in [0, 0.1) is 0 Å². The van der Waals surface area contributed by atoms with Crippen LogP contribution in [-0.4, -0.2) is 24.2 Å². The molecule has 0 aromatic carbocycles. The Labute approximate surface area is 67.2 Å². The third-order valence-electron chi connectivity index (χ3n) is 1.43. The molecule has 0 aromatic rings. The minimum Gasteiger partial charge on any atom is -0.307 e. The van der Waals surface area contributed by atoms with E-state index in [1.54, 1.807) is 0 Å². The molecule has 0 heterocycles. The Morgan fingerprint density at radius 3 is 2.18 bits per heavy atom. The van der Waals surface area contributed by atoms with Gasteiger partial charge in [-0.25, -0.2) is 0 Å². The number of ketones is 2. The second-order valence-electron chi connectivity index (χ2n) is 2.63. The molecule has 1 atom stereocenters. The summed E-state index contributed by atoms with van der Waals surface area (Å²) >= 11 is 0. The van der Waals surface area contributed by atoms with E-state index >= 15 is 0 Å². The van der Waals surface area contributed by atoms with E-state index in [2.05, 4.69) is 5.32 Å². The third kappa shape index (κ3) is 4.67. The van der Waals surface area contributed by atoms with Crippen molar-refractivity contribution in [3.8, 4) is 0 Å². The van der Waals surface area contributed by atoms with Crippen LogP contribution in [0.15, 0.2) is 0 Å². The number of rotatable bonds is 5. The zero-order valence-electron chi connectivity index (χ0n) is 7.31. The van der Waals surface area contributed by atoms with Crippen LogP contribution in [0.5, 0.6) is 0 Å². The Morgan fingerprint density at radius 2 is 1.91 bits per heavy atom. The van der Waals surface area contributed by atoms with Gasteiger partial charge in [-0.2, -0.15) is 0 Å². The highest BCUT2D eigenvalue weighted by molar-refractivity contribution is 5.88. The van der Waals surface area contributed by atoms with E-state index in [4.69, 9.17) is 0 Å². The van der Waals surface area contributed by atoms with Gasteiger partial charge >= 0.3 is 0 Å². The van der Waals surface area contributed by atoms with Gasteiger partial charge in [0.15, 0.2) is 0 Å². The summed E-state index contributed by atoms with van der Waals surface area (Å²) in [5, 5.41) is 2.94. The summed E-state index contributed by atoms with van der Waals surface area (Å²) in [4.78, 5) is 21.5. The number of nitrogens with one attached hydrogen (secondary N) is 1. The van der Waals surface area contributed by atoms with Crippen molar-refractivity contribution < 1.29 is 9.59 Å². The third-order valence-corrected chi connectivity index (χ3v) is 1.43. The first kappa shape index (κ1) is 10.3. The van der Waals surface area contributed by atoms with Gasteiger partial charge in [-0.05, 0) is 20.4 Å². The topological polar surface area (TPSA) is 46.2 Å². The van der Waals surface area contributed by atoms with Crippen LogP contribution in [0.3, 0.4) is 0 Å². The highest BCUT2D eigenvalue weighted by Gasteiger charge is 2.13. The zero-order valence-corrected chi connectivity index (χ0v) is 7.31. The smallest absolute Gasteiger partial charge is 0.147 e. The average molecular weight is 157 g/mol. The molecule has 0 saturated heterocycles. The van der Waals surface area contributed by atoms with E-state index < -0.39 is 0 Å². The van der Waals surface area contributed by atoms with Crippen LogP contribution in [0.25, 0.3) is 0 Å². The highest BCUT2D eigenvalue weighted by Crippen LogP contribution is 1.94. The maximum atomic E-state index is 10.9. The van der Waals surface area contributed by atoms with Gasteiger partial charge in [-0.15, -0.1) is 0 Å². The molecule has 0 amide bonds. The summed E-state index contributed by atoms with van der Waals surface area (Å²) in [5.41, 5.74) is 0. The number of likely N-dealkylation sites (N-methyl/N-ethyl adjacent to an activating group) is 1. The van der Waals surface area contributed by atoms with Crippen molar-refractivity contribution in [2.24, 2.45) is 0 Å². The van der Waals surface area contributed by atoms with Gasteiger partial charge in [0, 0.05) is 6.42 Å². The largest absolute Gasteiger partial charge is 0.307 e. The van der Waals surface area contributed by atoms with Crippen molar-refractivity contribution in [3.05, 3.63) is 0 Å². The molecule has 11 heavy (non-hydrogen) atoms. The van der Waals surface area contributed by atoms with E-state index in [0.717, 1.165) is 6.54 Å². The molecule has 0 radical (unpaired) electrons. The van der Waals surface area contributed by atoms with Crippen molar-refractivity contribution in [1.29, 1.82) is 0 Å². The van der Waals surface area contributed by atoms with E-state index in [9.17, 15) is 9.59 Å². The van der Waals surface area contributed by atoms with Gasteiger partial charge < -0.3 is 5.32 Å². The molecule has 1 N–H and O–H groups in total. The van der Waals surface area contributed by atoms with E-state index in [1.807, 2.05) is 6.92 Å². The van der Waals surface area contributed by atoms with Crippen molar-refractivity contribution in [3.63, 3.8) is 0 Å². The van der Waals surface area contributed by atoms with Gasteiger partial charge in [-0.3, -0.25) is 9.59 Å². The number of Topliss-reactive ketones (excluding diaryl/α,β-unsaturated/α-hetero) is 2. The fraction of sp³-hybridized carbons (Fsp3) is 0.750. The quantitative estimate of drug-likeness (QED) is 0.633. The number of carbonyl (C=O) groups excluding carboxylic acids is 2. The monoisotopic (exact) mass is 157 g/mol. The normalized spacial score (nSPS) is 12.6. The molecule has 0 aliphatic rings. The fourth-order valence-electron chi connectivity index (χ4n) is 0.893. The van der Waals surface area contributed by atoms with Crippen molar-refractivity contribution >= 4 is 11.6 Å². The molecular formula is C8H15NO2. The maximum absolute atomic E-state index is 10.9. The van der Waals surface area contributed by atoms with E-state index in [-0.39, 0.29) is 17.6 Å². The van der Waals surface area contributed by atoms with Gasteiger partial charge in [0.2, 0.25) is 0 Å². The second kappa shape index (κ2) is 5.02. The van der Waals surface area contributed by atoms with Gasteiger partial charge in [0.25, 0.3) is 0 Å². The van der Waals surface area contributed by atoms with Crippen molar-refractivity contribution in [2.45, 2.75) is 33.2 Å². The molecule has 3 heteroatoms. The fourth-order valence-corrected chi connectivity index (χ4v) is 0.893.